The van der Waals surface area contributed by atoms with Gasteiger partial charge in [-0.3, -0.25) is 4.79 Å². The molecule has 0 saturated heterocycles. The first-order valence-corrected chi connectivity index (χ1v) is 7.84. The molecule has 0 radical (unpaired) electrons. The van der Waals surface area contributed by atoms with E-state index in [0.29, 0.717) is 5.92 Å². The summed E-state index contributed by atoms with van der Waals surface area (Å²) in [6, 6.07) is 0.284. The van der Waals surface area contributed by atoms with Gasteiger partial charge in [-0.25, -0.2) is 0 Å². The van der Waals surface area contributed by atoms with Gasteiger partial charge >= 0.3 is 0 Å². The third kappa shape index (κ3) is 5.49. The number of nitrogens with two attached hydrogens (primary N) is 1. The van der Waals surface area contributed by atoms with E-state index in [0.717, 1.165) is 51.9 Å². The summed E-state index contributed by atoms with van der Waals surface area (Å²) in [5, 5.41) is 3.08. The molecule has 3 N–H and O–H groups in total. The van der Waals surface area contributed by atoms with Crippen molar-refractivity contribution in [2.24, 2.45) is 17.6 Å². The van der Waals surface area contributed by atoms with Gasteiger partial charge in [-0.2, -0.15) is 0 Å². The fourth-order valence-electron chi connectivity index (χ4n) is 2.86. The molecule has 1 fully saturated rings. The second kappa shape index (κ2) is 8.54. The highest BCUT2D eigenvalue weighted by Crippen LogP contribution is 2.27. The zero-order valence-electron chi connectivity index (χ0n) is 12.8. The van der Waals surface area contributed by atoms with E-state index in [9.17, 15) is 4.79 Å². The molecule has 0 bridgehead atoms. The zero-order valence-corrected chi connectivity index (χ0v) is 12.8. The molecule has 3 atom stereocenters. The SMILES string of the molecule is CCN(CC)CCCNC(=O)C1CCC(N)C(C)C1. The number of nitrogens with zero attached hydrogens (tertiary/aromatic N) is 1. The standard InChI is InChI=1S/C15H31N3O/c1-4-18(5-2)10-6-9-17-15(19)13-7-8-14(16)12(3)11-13/h12-14H,4-11,16H2,1-3H3,(H,17,19). The van der Waals surface area contributed by atoms with Crippen LogP contribution in [0.3, 0.4) is 0 Å². The Balaban J connectivity index is 2.17. The number of rotatable bonds is 7. The highest BCUT2D eigenvalue weighted by atomic mass is 16.1. The summed E-state index contributed by atoms with van der Waals surface area (Å²) in [6.45, 7) is 10.5. The maximum Gasteiger partial charge on any atom is 0.223 e. The molecule has 112 valence electrons. The maximum absolute atomic E-state index is 12.1. The Morgan fingerprint density at radius 3 is 2.58 bits per heavy atom. The van der Waals surface area contributed by atoms with E-state index in [1.807, 2.05) is 0 Å². The lowest BCUT2D eigenvalue weighted by Crippen LogP contribution is -2.41. The number of hydrogen-bond acceptors (Lipinski definition) is 3. The maximum atomic E-state index is 12.1. The first-order valence-electron chi connectivity index (χ1n) is 7.84. The fraction of sp³-hybridized carbons (Fsp3) is 0.933. The molecule has 4 heteroatoms. The van der Waals surface area contributed by atoms with Crippen molar-refractivity contribution in [3.05, 3.63) is 0 Å². The first-order chi connectivity index (χ1) is 9.08. The van der Waals surface area contributed by atoms with Crippen LogP contribution in [0.1, 0.15) is 46.5 Å². The molecule has 1 aliphatic carbocycles. The third-order valence-corrected chi connectivity index (χ3v) is 4.45. The molecule has 4 nitrogen and oxygen atoms in total. The van der Waals surface area contributed by atoms with Crippen LogP contribution in [0, 0.1) is 11.8 Å². The second-order valence-corrected chi connectivity index (χ2v) is 5.82. The molecular weight excluding hydrogens is 238 g/mol. The van der Waals surface area contributed by atoms with Crippen molar-refractivity contribution >= 4 is 5.91 Å². The largest absolute Gasteiger partial charge is 0.356 e. The van der Waals surface area contributed by atoms with Gasteiger partial charge in [0.25, 0.3) is 0 Å². The molecule has 0 heterocycles. The normalized spacial score (nSPS) is 27.5. The van der Waals surface area contributed by atoms with Crippen molar-refractivity contribution in [2.75, 3.05) is 26.2 Å². The van der Waals surface area contributed by atoms with Crippen molar-refractivity contribution in [3.8, 4) is 0 Å². The number of carbonyl (C=O) groups is 1. The number of carbonyl (C=O) groups excluding carboxylic acids is 1. The molecule has 0 aromatic carbocycles. The molecule has 1 rings (SSSR count). The summed E-state index contributed by atoms with van der Waals surface area (Å²) < 4.78 is 0. The Kier molecular flexibility index (Phi) is 7.39. The molecular formula is C15H31N3O. The van der Waals surface area contributed by atoms with Crippen LogP contribution in [-0.2, 0) is 4.79 Å². The smallest absolute Gasteiger partial charge is 0.223 e. The number of hydrogen-bond donors (Lipinski definition) is 2. The van der Waals surface area contributed by atoms with Gasteiger partial charge in [-0.05, 0) is 51.2 Å². The molecule has 0 aromatic heterocycles. The van der Waals surface area contributed by atoms with Crippen molar-refractivity contribution in [1.82, 2.24) is 10.2 Å². The molecule has 1 amide bonds. The number of nitrogens with one attached hydrogen (secondary N) is 1. The van der Waals surface area contributed by atoms with Crippen LogP contribution >= 0.6 is 0 Å². The summed E-state index contributed by atoms with van der Waals surface area (Å²) in [5.74, 6) is 0.890. The predicted octanol–water partition coefficient (Wildman–Crippen LogP) is 1.60. The average molecular weight is 269 g/mol. The van der Waals surface area contributed by atoms with Crippen molar-refractivity contribution in [2.45, 2.75) is 52.5 Å². The van der Waals surface area contributed by atoms with Crippen LogP contribution in [0.5, 0.6) is 0 Å². The van der Waals surface area contributed by atoms with Gasteiger partial charge < -0.3 is 16.0 Å². The topological polar surface area (TPSA) is 58.4 Å². The fourth-order valence-corrected chi connectivity index (χ4v) is 2.86. The van der Waals surface area contributed by atoms with Gasteiger partial charge in [0.2, 0.25) is 5.91 Å². The van der Waals surface area contributed by atoms with Crippen molar-refractivity contribution in [1.29, 1.82) is 0 Å². The summed E-state index contributed by atoms with van der Waals surface area (Å²) in [5.41, 5.74) is 5.99. The minimum atomic E-state index is 0.184. The number of amides is 1. The lowest BCUT2D eigenvalue weighted by molar-refractivity contribution is -0.126. The summed E-state index contributed by atoms with van der Waals surface area (Å²) in [6.07, 6.45) is 3.92. The Morgan fingerprint density at radius 2 is 2.00 bits per heavy atom. The van der Waals surface area contributed by atoms with E-state index >= 15 is 0 Å². The van der Waals surface area contributed by atoms with Gasteiger partial charge in [-0.15, -0.1) is 0 Å². The molecule has 19 heavy (non-hydrogen) atoms. The molecule has 0 aromatic rings. The van der Waals surface area contributed by atoms with Crippen LogP contribution in [-0.4, -0.2) is 43.0 Å². The predicted molar refractivity (Wildman–Crippen MR) is 79.9 cm³/mol. The highest BCUT2D eigenvalue weighted by molar-refractivity contribution is 5.78. The average Bonchev–Trinajstić information content (AvgIpc) is 2.42. The van der Waals surface area contributed by atoms with E-state index in [1.165, 1.54) is 0 Å². The Morgan fingerprint density at radius 1 is 1.32 bits per heavy atom. The van der Waals surface area contributed by atoms with Crippen molar-refractivity contribution in [3.63, 3.8) is 0 Å². The molecule has 1 saturated carbocycles. The molecule has 0 spiro atoms. The third-order valence-electron chi connectivity index (χ3n) is 4.45. The quantitative estimate of drug-likeness (QED) is 0.690. The Labute approximate surface area is 118 Å². The van der Waals surface area contributed by atoms with E-state index < -0.39 is 0 Å². The van der Waals surface area contributed by atoms with Crippen LogP contribution in [0.25, 0.3) is 0 Å². The van der Waals surface area contributed by atoms with Crippen LogP contribution < -0.4 is 11.1 Å². The lowest BCUT2D eigenvalue weighted by atomic mass is 9.79. The summed E-state index contributed by atoms with van der Waals surface area (Å²) in [4.78, 5) is 14.5. The minimum Gasteiger partial charge on any atom is -0.356 e. The molecule has 0 aliphatic heterocycles. The van der Waals surface area contributed by atoms with E-state index in [1.54, 1.807) is 0 Å². The van der Waals surface area contributed by atoms with Gasteiger partial charge in [0.1, 0.15) is 0 Å². The van der Waals surface area contributed by atoms with Gasteiger partial charge in [0, 0.05) is 18.5 Å². The van der Waals surface area contributed by atoms with E-state index in [2.05, 4.69) is 31.0 Å². The lowest BCUT2D eigenvalue weighted by Gasteiger charge is -2.31. The van der Waals surface area contributed by atoms with Crippen molar-refractivity contribution < 1.29 is 4.79 Å². The Bertz CT molecular complexity index is 266. The highest BCUT2D eigenvalue weighted by Gasteiger charge is 2.29. The molecule has 3 unspecified atom stereocenters. The molecule has 1 aliphatic rings. The summed E-state index contributed by atoms with van der Waals surface area (Å²) in [7, 11) is 0. The van der Waals surface area contributed by atoms with Crippen LogP contribution in [0.4, 0.5) is 0 Å². The first kappa shape index (κ1) is 16.4. The van der Waals surface area contributed by atoms with E-state index in [4.69, 9.17) is 5.73 Å². The zero-order chi connectivity index (χ0) is 14.3. The monoisotopic (exact) mass is 269 g/mol. The van der Waals surface area contributed by atoms with Gasteiger partial charge in [0.15, 0.2) is 0 Å². The second-order valence-electron chi connectivity index (χ2n) is 5.82. The van der Waals surface area contributed by atoms with E-state index in [-0.39, 0.29) is 17.9 Å². The van der Waals surface area contributed by atoms with Gasteiger partial charge in [-0.1, -0.05) is 20.8 Å². The van der Waals surface area contributed by atoms with Gasteiger partial charge in [0.05, 0.1) is 0 Å². The minimum absolute atomic E-state index is 0.184. The van der Waals surface area contributed by atoms with Crippen LogP contribution in [0.15, 0.2) is 0 Å². The Hall–Kier alpha value is -0.610. The summed E-state index contributed by atoms with van der Waals surface area (Å²) >= 11 is 0. The van der Waals surface area contributed by atoms with Crippen LogP contribution in [0.2, 0.25) is 0 Å².